The Labute approximate surface area is 171 Å². The van der Waals surface area contributed by atoms with E-state index in [2.05, 4.69) is 4.99 Å². The van der Waals surface area contributed by atoms with Gasteiger partial charge in [0.15, 0.2) is 11.6 Å². The van der Waals surface area contributed by atoms with Crippen molar-refractivity contribution in [3.8, 4) is 0 Å². The Bertz CT molecular complexity index is 945. The summed E-state index contributed by atoms with van der Waals surface area (Å²) in [4.78, 5) is 30.2. The first-order valence-corrected chi connectivity index (χ1v) is 10.3. The summed E-state index contributed by atoms with van der Waals surface area (Å²) in [5.41, 5.74) is 6.60. The van der Waals surface area contributed by atoms with E-state index in [1.165, 1.54) is 9.13 Å². The summed E-state index contributed by atoms with van der Waals surface area (Å²) in [6.45, 7) is 8.94. The third-order valence-corrected chi connectivity index (χ3v) is 4.66. The third-order valence-electron chi connectivity index (χ3n) is 4.66. The number of nitrogens with two attached hydrogens (primary N) is 1. The van der Waals surface area contributed by atoms with Gasteiger partial charge in [0, 0.05) is 19.0 Å². The van der Waals surface area contributed by atoms with E-state index < -0.39 is 5.56 Å². The summed E-state index contributed by atoms with van der Waals surface area (Å²) in [5.74, 6) is 0.491. The smallest absolute Gasteiger partial charge is 0.332 e. The van der Waals surface area contributed by atoms with Gasteiger partial charge in [-0.25, -0.2) is 9.79 Å². The van der Waals surface area contributed by atoms with Gasteiger partial charge in [0.1, 0.15) is 5.82 Å². The number of ether oxygens (including phenoxy) is 1. The van der Waals surface area contributed by atoms with Crippen molar-refractivity contribution >= 4 is 17.4 Å². The fourth-order valence-electron chi connectivity index (χ4n) is 3.26. The number of aliphatic imine (C=N–C) groups is 1. The second kappa shape index (κ2) is 10.6. The minimum Gasteiger partial charge on any atom is -0.481 e. The van der Waals surface area contributed by atoms with Gasteiger partial charge in [0.2, 0.25) is 0 Å². The maximum Gasteiger partial charge on any atom is 0.332 e. The Morgan fingerprint density at radius 1 is 1.07 bits per heavy atom. The van der Waals surface area contributed by atoms with Crippen LogP contribution in [-0.2, 0) is 24.2 Å². The van der Waals surface area contributed by atoms with Crippen LogP contribution in [0.5, 0.6) is 0 Å². The monoisotopic (exact) mass is 400 g/mol. The van der Waals surface area contributed by atoms with Crippen molar-refractivity contribution < 1.29 is 4.74 Å². The van der Waals surface area contributed by atoms with Crippen LogP contribution in [0.2, 0.25) is 0 Å². The lowest BCUT2D eigenvalue weighted by Crippen LogP contribution is -2.41. The molecule has 7 heteroatoms. The minimum absolute atomic E-state index is 0.0534. The molecule has 0 radical (unpaired) electrons. The average Bonchev–Trinajstić information content (AvgIpc) is 2.71. The van der Waals surface area contributed by atoms with Crippen molar-refractivity contribution in [3.63, 3.8) is 0 Å². The molecule has 1 aromatic carbocycles. The van der Waals surface area contributed by atoms with Crippen LogP contribution in [0.15, 0.2) is 44.9 Å². The molecule has 1 atom stereocenters. The molecule has 0 fully saturated rings. The molecule has 0 spiro atoms. The van der Waals surface area contributed by atoms with Gasteiger partial charge in [-0.2, -0.15) is 0 Å². The van der Waals surface area contributed by atoms with Crippen molar-refractivity contribution in [2.24, 2.45) is 10.9 Å². The maximum atomic E-state index is 13.0. The van der Waals surface area contributed by atoms with E-state index in [0.717, 1.165) is 18.4 Å². The molecule has 0 unspecified atom stereocenters. The number of rotatable bonds is 9. The zero-order valence-electron chi connectivity index (χ0n) is 17.9. The van der Waals surface area contributed by atoms with E-state index in [-0.39, 0.29) is 23.1 Å². The summed E-state index contributed by atoms with van der Waals surface area (Å²) >= 11 is 0. The molecular formula is C22H32N4O3. The molecule has 0 saturated heterocycles. The number of anilines is 1. The number of aromatic nitrogens is 2. The van der Waals surface area contributed by atoms with Crippen LogP contribution in [0.4, 0.5) is 11.5 Å². The Kier molecular flexibility index (Phi) is 8.24. The van der Waals surface area contributed by atoms with Crippen molar-refractivity contribution in [1.82, 2.24) is 9.13 Å². The van der Waals surface area contributed by atoms with Crippen molar-refractivity contribution in [3.05, 3.63) is 56.7 Å². The van der Waals surface area contributed by atoms with E-state index in [4.69, 9.17) is 10.5 Å². The Balaban J connectivity index is 2.57. The largest absolute Gasteiger partial charge is 0.481 e. The summed E-state index contributed by atoms with van der Waals surface area (Å²) in [6.07, 6.45) is 2.11. The van der Waals surface area contributed by atoms with Gasteiger partial charge in [0.25, 0.3) is 5.56 Å². The quantitative estimate of drug-likeness (QED) is 0.516. The number of hydrogen-bond acceptors (Lipinski definition) is 5. The molecule has 29 heavy (non-hydrogen) atoms. The molecule has 2 aromatic rings. The molecule has 1 aromatic heterocycles. The van der Waals surface area contributed by atoms with Gasteiger partial charge in [-0.1, -0.05) is 51.1 Å². The van der Waals surface area contributed by atoms with Crippen LogP contribution in [-0.4, -0.2) is 21.6 Å². The SMILES string of the molecule is CCCn1c(N)c(N=C(OCC)[C@@H](C)Cc2ccccc2)c(=O)n(CCC)c1=O. The molecule has 7 nitrogen and oxygen atoms in total. The summed E-state index contributed by atoms with van der Waals surface area (Å²) in [7, 11) is 0. The van der Waals surface area contributed by atoms with Crippen molar-refractivity contribution in [1.29, 1.82) is 0 Å². The second-order valence-corrected chi connectivity index (χ2v) is 7.10. The van der Waals surface area contributed by atoms with Crippen LogP contribution >= 0.6 is 0 Å². The first kappa shape index (κ1) is 22.5. The summed E-state index contributed by atoms with van der Waals surface area (Å²) in [5, 5.41) is 0. The number of benzene rings is 1. The molecule has 0 amide bonds. The molecule has 1 heterocycles. The first-order valence-electron chi connectivity index (χ1n) is 10.3. The number of nitrogens with zero attached hydrogens (tertiary/aromatic N) is 3. The van der Waals surface area contributed by atoms with Crippen LogP contribution in [0.1, 0.15) is 46.1 Å². The highest BCUT2D eigenvalue weighted by Gasteiger charge is 2.20. The molecule has 0 aliphatic carbocycles. The van der Waals surface area contributed by atoms with E-state index in [1.807, 2.05) is 58.0 Å². The van der Waals surface area contributed by atoms with Crippen LogP contribution in [0.3, 0.4) is 0 Å². The van der Waals surface area contributed by atoms with Gasteiger partial charge in [-0.15, -0.1) is 0 Å². The highest BCUT2D eigenvalue weighted by molar-refractivity contribution is 5.83. The Morgan fingerprint density at radius 2 is 1.69 bits per heavy atom. The Morgan fingerprint density at radius 3 is 2.28 bits per heavy atom. The Hall–Kier alpha value is -2.83. The van der Waals surface area contributed by atoms with E-state index >= 15 is 0 Å². The predicted octanol–water partition coefficient (Wildman–Crippen LogP) is 3.36. The summed E-state index contributed by atoms with van der Waals surface area (Å²) < 4.78 is 8.43. The van der Waals surface area contributed by atoms with E-state index in [0.29, 0.717) is 32.0 Å². The maximum absolute atomic E-state index is 13.0. The van der Waals surface area contributed by atoms with Gasteiger partial charge in [-0.3, -0.25) is 13.9 Å². The molecule has 0 aliphatic heterocycles. The first-order chi connectivity index (χ1) is 13.9. The van der Waals surface area contributed by atoms with Gasteiger partial charge >= 0.3 is 5.69 Å². The van der Waals surface area contributed by atoms with Crippen molar-refractivity contribution in [2.45, 2.75) is 60.0 Å². The van der Waals surface area contributed by atoms with Gasteiger partial charge in [0.05, 0.1) is 6.61 Å². The van der Waals surface area contributed by atoms with Crippen molar-refractivity contribution in [2.75, 3.05) is 12.3 Å². The lowest BCUT2D eigenvalue weighted by Gasteiger charge is -2.18. The molecular weight excluding hydrogens is 368 g/mol. The normalized spacial score (nSPS) is 12.8. The van der Waals surface area contributed by atoms with Crippen LogP contribution in [0.25, 0.3) is 0 Å². The lowest BCUT2D eigenvalue weighted by atomic mass is 10.0. The molecule has 0 saturated carbocycles. The zero-order chi connectivity index (χ0) is 21.4. The lowest BCUT2D eigenvalue weighted by molar-refractivity contribution is 0.302. The van der Waals surface area contributed by atoms with Gasteiger partial charge in [-0.05, 0) is 31.7 Å². The number of hydrogen-bond donors (Lipinski definition) is 1. The molecule has 0 bridgehead atoms. The zero-order valence-corrected chi connectivity index (χ0v) is 17.9. The molecule has 2 rings (SSSR count). The van der Waals surface area contributed by atoms with E-state index in [9.17, 15) is 9.59 Å². The molecule has 0 aliphatic rings. The van der Waals surface area contributed by atoms with Crippen LogP contribution < -0.4 is 17.0 Å². The fourth-order valence-corrected chi connectivity index (χ4v) is 3.26. The standard InChI is InChI=1S/C22H32N4O3/c1-5-13-25-19(23)18(21(27)26(14-6-2)22(25)28)24-20(29-7-3)16(4)15-17-11-9-8-10-12-17/h8-12,16H,5-7,13-15,23H2,1-4H3/t16-/m0/s1. The summed E-state index contributed by atoms with van der Waals surface area (Å²) in [6, 6.07) is 10.0. The highest BCUT2D eigenvalue weighted by Crippen LogP contribution is 2.19. The molecule has 2 N–H and O–H groups in total. The third kappa shape index (κ3) is 5.37. The average molecular weight is 401 g/mol. The minimum atomic E-state index is -0.467. The van der Waals surface area contributed by atoms with Crippen LogP contribution in [0, 0.1) is 5.92 Å². The highest BCUT2D eigenvalue weighted by atomic mass is 16.5. The molecule has 158 valence electrons. The van der Waals surface area contributed by atoms with E-state index in [1.54, 1.807) is 0 Å². The fraction of sp³-hybridized carbons (Fsp3) is 0.500. The topological polar surface area (TPSA) is 91.6 Å². The predicted molar refractivity (Wildman–Crippen MR) is 118 cm³/mol. The number of nitrogen functional groups attached to an aromatic ring is 1. The second-order valence-electron chi connectivity index (χ2n) is 7.10. The van der Waals surface area contributed by atoms with Gasteiger partial charge < -0.3 is 10.5 Å².